The predicted molar refractivity (Wildman–Crippen MR) is 68.9 cm³/mol. The first-order chi connectivity index (χ1) is 7.20. The van der Waals surface area contributed by atoms with Crippen molar-refractivity contribution in [2.75, 3.05) is 0 Å². The number of rotatable bonds is 1. The smallest absolute Gasteiger partial charge is 0.0562 e. The third kappa shape index (κ3) is 2.67. The molecule has 87 valence electrons. The van der Waals surface area contributed by atoms with Crippen LogP contribution in [0.15, 0.2) is 36.1 Å². The van der Waals surface area contributed by atoms with E-state index in [4.69, 9.17) is 11.6 Å². The number of hydrogen-bond acceptors (Lipinski definition) is 0. The molecule has 1 heterocycles. The van der Waals surface area contributed by atoms with Crippen molar-refractivity contribution in [1.82, 2.24) is 0 Å². The minimum atomic E-state index is 0. The van der Waals surface area contributed by atoms with Crippen LogP contribution in [0.5, 0.6) is 0 Å². The maximum Gasteiger partial charge on any atom is 0.0562 e. The summed E-state index contributed by atoms with van der Waals surface area (Å²) in [7, 11) is 1.19. The maximum atomic E-state index is 6.36. The SMILES string of the molecule is Cc1cpc(-c2ccccc2)c(Cl)c1C.[Cu]. The van der Waals surface area contributed by atoms with Gasteiger partial charge in [-0.3, -0.25) is 0 Å². The van der Waals surface area contributed by atoms with E-state index in [1.54, 1.807) is 0 Å². The molecule has 16 heavy (non-hydrogen) atoms. The van der Waals surface area contributed by atoms with Crippen LogP contribution in [0, 0.1) is 13.8 Å². The fourth-order valence-corrected chi connectivity index (χ4v) is 2.96. The second-order valence-corrected chi connectivity index (χ2v) is 4.94. The Morgan fingerprint density at radius 2 is 1.69 bits per heavy atom. The van der Waals surface area contributed by atoms with Gasteiger partial charge in [-0.2, -0.15) is 0 Å². The molecule has 1 aromatic carbocycles. The Morgan fingerprint density at radius 1 is 1.06 bits per heavy atom. The minimum Gasteiger partial charge on any atom is -0.0830 e. The van der Waals surface area contributed by atoms with Crippen LogP contribution in [0.3, 0.4) is 0 Å². The van der Waals surface area contributed by atoms with Gasteiger partial charge in [-0.15, -0.1) is 0 Å². The number of hydrogen-bond donors (Lipinski definition) is 0. The zero-order valence-electron chi connectivity index (χ0n) is 9.09. The fraction of sp³-hybridized carbons (Fsp3) is 0.154. The molecule has 0 nitrogen and oxygen atoms in total. The van der Waals surface area contributed by atoms with Gasteiger partial charge in [0.2, 0.25) is 0 Å². The van der Waals surface area contributed by atoms with E-state index in [0.717, 1.165) is 5.02 Å². The molecule has 0 spiro atoms. The standard InChI is InChI=1S/C13H12ClP.Cu/c1-9-8-15-13(12(14)10(9)2)11-6-4-3-5-7-11;/h3-8H,1-2H3;. The summed E-state index contributed by atoms with van der Waals surface area (Å²) in [6.07, 6.45) is 0. The Morgan fingerprint density at radius 3 is 2.31 bits per heavy atom. The van der Waals surface area contributed by atoms with Crippen LogP contribution in [-0.4, -0.2) is 0 Å². The molecule has 1 aromatic heterocycles. The molecule has 0 N–H and O–H groups in total. The van der Waals surface area contributed by atoms with Gasteiger partial charge in [-0.1, -0.05) is 50.1 Å². The van der Waals surface area contributed by atoms with Gasteiger partial charge in [0.1, 0.15) is 0 Å². The Hall–Kier alpha value is -0.321. The topological polar surface area (TPSA) is 0 Å². The van der Waals surface area contributed by atoms with Crippen molar-refractivity contribution in [3.05, 3.63) is 52.3 Å². The largest absolute Gasteiger partial charge is 0.0830 e. The molecule has 0 bridgehead atoms. The molecule has 1 radical (unpaired) electrons. The molecule has 0 atom stereocenters. The van der Waals surface area contributed by atoms with E-state index in [2.05, 4.69) is 31.8 Å². The van der Waals surface area contributed by atoms with Crippen LogP contribution >= 0.6 is 19.8 Å². The van der Waals surface area contributed by atoms with Gasteiger partial charge < -0.3 is 0 Å². The predicted octanol–water partition coefficient (Wildman–Crippen LogP) is 5.20. The van der Waals surface area contributed by atoms with E-state index in [1.165, 1.54) is 30.2 Å². The summed E-state index contributed by atoms with van der Waals surface area (Å²) in [5.74, 6) is 2.21. The van der Waals surface area contributed by atoms with E-state index in [-0.39, 0.29) is 17.1 Å². The van der Waals surface area contributed by atoms with E-state index in [0.29, 0.717) is 0 Å². The van der Waals surface area contributed by atoms with Crippen LogP contribution in [-0.2, 0) is 17.1 Å². The normalized spacial score (nSPS) is 10.2. The third-order valence-electron chi connectivity index (χ3n) is 2.56. The molecular formula is C13H12ClCuP. The summed E-state index contributed by atoms with van der Waals surface area (Å²) in [4.78, 5) is 0. The molecule has 3 heteroatoms. The first-order valence-electron chi connectivity index (χ1n) is 4.87. The molecule has 0 aliphatic rings. The Kier molecular flexibility index (Phi) is 5.02. The van der Waals surface area contributed by atoms with Gasteiger partial charge >= 0.3 is 0 Å². The van der Waals surface area contributed by atoms with Crippen molar-refractivity contribution >= 4 is 19.8 Å². The summed E-state index contributed by atoms with van der Waals surface area (Å²) in [5.41, 5.74) is 3.68. The van der Waals surface area contributed by atoms with Crippen molar-refractivity contribution < 1.29 is 17.1 Å². The molecule has 0 unspecified atom stereocenters. The van der Waals surface area contributed by atoms with Crippen LogP contribution in [0.1, 0.15) is 11.1 Å². The minimum absolute atomic E-state index is 0. The van der Waals surface area contributed by atoms with Crippen molar-refractivity contribution in [2.45, 2.75) is 13.8 Å². The van der Waals surface area contributed by atoms with E-state index < -0.39 is 0 Å². The average Bonchev–Trinajstić information content (AvgIpc) is 2.27. The third-order valence-corrected chi connectivity index (χ3v) is 4.42. The molecule has 2 rings (SSSR count). The van der Waals surface area contributed by atoms with Gasteiger partial charge in [0.15, 0.2) is 0 Å². The summed E-state index contributed by atoms with van der Waals surface area (Å²) in [6, 6.07) is 10.3. The van der Waals surface area contributed by atoms with E-state index in [1.807, 2.05) is 18.2 Å². The van der Waals surface area contributed by atoms with E-state index >= 15 is 0 Å². The van der Waals surface area contributed by atoms with Crippen molar-refractivity contribution in [3.8, 4) is 10.9 Å². The van der Waals surface area contributed by atoms with Crippen LogP contribution in [0.25, 0.3) is 10.9 Å². The zero-order valence-corrected chi connectivity index (χ0v) is 11.7. The molecule has 0 fully saturated rings. The molecule has 0 saturated heterocycles. The number of benzene rings is 1. The second kappa shape index (κ2) is 5.84. The molecule has 0 saturated carbocycles. The summed E-state index contributed by atoms with van der Waals surface area (Å²) in [6.45, 7) is 4.18. The van der Waals surface area contributed by atoms with Crippen molar-refractivity contribution in [2.24, 2.45) is 0 Å². The van der Waals surface area contributed by atoms with Gasteiger partial charge in [0, 0.05) is 22.4 Å². The number of halogens is 1. The Bertz CT molecular complexity index is 483. The molecule has 2 aromatic rings. The fourth-order valence-electron chi connectivity index (χ4n) is 1.46. The van der Waals surface area contributed by atoms with Gasteiger partial charge in [-0.25, -0.2) is 0 Å². The molecule has 0 aliphatic heterocycles. The van der Waals surface area contributed by atoms with Gasteiger partial charge in [-0.05, 0) is 36.3 Å². The molecular weight excluding hydrogens is 286 g/mol. The Labute approximate surface area is 114 Å². The zero-order chi connectivity index (χ0) is 10.8. The monoisotopic (exact) mass is 297 g/mol. The number of aryl methyl sites for hydroxylation is 1. The van der Waals surface area contributed by atoms with Crippen molar-refractivity contribution in [3.63, 3.8) is 0 Å². The maximum absolute atomic E-state index is 6.36. The van der Waals surface area contributed by atoms with Gasteiger partial charge in [0.05, 0.1) is 5.02 Å². The summed E-state index contributed by atoms with van der Waals surface area (Å²) < 4.78 is 0. The van der Waals surface area contributed by atoms with E-state index in [9.17, 15) is 0 Å². The van der Waals surface area contributed by atoms with Gasteiger partial charge in [0.25, 0.3) is 0 Å². The average molecular weight is 298 g/mol. The summed E-state index contributed by atoms with van der Waals surface area (Å²) >= 11 is 6.36. The first kappa shape index (κ1) is 13.7. The molecule has 0 amide bonds. The second-order valence-electron chi connectivity index (χ2n) is 3.59. The quantitative estimate of drug-likeness (QED) is 0.635. The van der Waals surface area contributed by atoms with Crippen molar-refractivity contribution in [1.29, 1.82) is 0 Å². The molecule has 0 aliphatic carbocycles. The van der Waals surface area contributed by atoms with Crippen LogP contribution in [0.4, 0.5) is 0 Å². The summed E-state index contributed by atoms with van der Waals surface area (Å²) in [5, 5.41) is 2.11. The van der Waals surface area contributed by atoms with Crippen LogP contribution < -0.4 is 0 Å². The van der Waals surface area contributed by atoms with Crippen LogP contribution in [0.2, 0.25) is 5.02 Å². The first-order valence-corrected chi connectivity index (χ1v) is 6.21. The Balaban J connectivity index is 0.00000128.